The Morgan fingerprint density at radius 3 is 1.27 bits per heavy atom. The van der Waals surface area contributed by atoms with Crippen LogP contribution in [-0.4, -0.2) is 0 Å². The quantitative estimate of drug-likeness (QED) is 0.448. The second-order valence-corrected chi connectivity index (χ2v) is 0.921. The Bertz CT molecular complexity index is 62.0. The van der Waals surface area contributed by atoms with Crippen molar-refractivity contribution >= 4 is 0 Å². The molecular formula is C6H10O3Ti2-. The predicted octanol–water partition coefficient (Wildman–Crippen LogP) is 0.581. The molecule has 0 unspecified atom stereocenters. The summed E-state index contributed by atoms with van der Waals surface area (Å²) in [6.07, 6.45) is 3.00. The van der Waals surface area contributed by atoms with Gasteiger partial charge in [-0.2, -0.15) is 0 Å². The molecule has 0 saturated heterocycles. The molecule has 5 heteroatoms. The van der Waals surface area contributed by atoms with Gasteiger partial charge in [-0.25, -0.2) is 39.2 Å². The van der Waals surface area contributed by atoms with Crippen molar-refractivity contribution in [1.29, 1.82) is 0 Å². The van der Waals surface area contributed by atoms with Gasteiger partial charge in [0.05, 0.1) is 0 Å². The molecule has 61 valence electrons. The van der Waals surface area contributed by atoms with Gasteiger partial charge in [-0.1, -0.05) is 0 Å². The van der Waals surface area contributed by atoms with Gasteiger partial charge < -0.3 is 0 Å². The molecule has 0 bridgehead atoms. The van der Waals surface area contributed by atoms with E-state index in [-0.39, 0.29) is 0 Å². The van der Waals surface area contributed by atoms with Crippen LogP contribution in [0.4, 0.5) is 0 Å². The van der Waals surface area contributed by atoms with Crippen LogP contribution in [-0.2, 0) is 46.6 Å². The van der Waals surface area contributed by atoms with Crippen molar-refractivity contribution in [3.8, 4) is 0 Å². The molecule has 0 rings (SSSR count). The molecule has 0 heterocycles. The minimum absolute atomic E-state index is 0.750. The molecule has 0 saturated carbocycles. The van der Waals surface area contributed by atoms with Crippen LogP contribution in [0, 0.1) is 13.8 Å². The van der Waals surface area contributed by atoms with E-state index in [9.17, 15) is 0 Å². The number of hydrogen-bond acceptors (Lipinski definition) is 3. The molecule has 0 aromatic rings. The van der Waals surface area contributed by atoms with Crippen molar-refractivity contribution in [2.24, 2.45) is 0 Å². The third-order valence-corrected chi connectivity index (χ3v) is 0. The monoisotopic (exact) mass is 226 g/mol. The van der Waals surface area contributed by atoms with Crippen LogP contribution in [0.15, 0.2) is 25.3 Å². The molecule has 0 atom stereocenters. The van der Waals surface area contributed by atoms with Gasteiger partial charge in [-0.15, -0.1) is 0 Å². The van der Waals surface area contributed by atoms with E-state index < -0.39 is 19.5 Å². The Labute approximate surface area is 89.0 Å². The second kappa shape index (κ2) is 84.1. The zero-order valence-corrected chi connectivity index (χ0v) is 9.33. The molecule has 0 aromatic carbocycles. The van der Waals surface area contributed by atoms with Gasteiger partial charge in [0.15, 0.2) is 0 Å². The van der Waals surface area contributed by atoms with Gasteiger partial charge in [0.1, 0.15) is 0 Å². The second-order valence-electron chi connectivity index (χ2n) is 0.661. The van der Waals surface area contributed by atoms with E-state index in [1.807, 2.05) is 0 Å². The standard InChI is InChI=1S/2C3H5.3O.2Ti/c2*1-3-2;;;;;/h2*3H,1-2H2;;;;;/q2*-1;;;-1;;+2. The first-order chi connectivity index (χ1) is 5.24. The van der Waals surface area contributed by atoms with Crippen LogP contribution in [0.3, 0.4) is 0 Å². The minimum atomic E-state index is -2.00. The molecule has 0 fully saturated rings. The first-order valence-electron chi connectivity index (χ1n) is 2.25. The molecule has 0 radical (unpaired) electrons. The Balaban J connectivity index is -0.0000000301. The van der Waals surface area contributed by atoms with Crippen LogP contribution in [0.2, 0.25) is 0 Å². The SMILES string of the molecule is C=C[CH2-].C=C[CH2-].[O]=[Ti+2].[O]=[Ti][O-]. The topological polar surface area (TPSA) is 57.2 Å². The van der Waals surface area contributed by atoms with Gasteiger partial charge in [0, 0.05) is 0 Å². The number of rotatable bonds is 0. The molecule has 0 aliphatic rings. The summed E-state index contributed by atoms with van der Waals surface area (Å²) in [5.41, 5.74) is 0. The first-order valence-corrected chi connectivity index (χ1v) is 4.16. The maximum absolute atomic E-state index is 8.50. The number of hydrogen-bond donors (Lipinski definition) is 0. The van der Waals surface area contributed by atoms with E-state index in [1.165, 1.54) is 12.2 Å². The molecular weight excluding hydrogens is 216 g/mol. The summed E-state index contributed by atoms with van der Waals surface area (Å²) < 4.78 is 25.2. The van der Waals surface area contributed by atoms with Crippen molar-refractivity contribution in [2.45, 2.75) is 0 Å². The van der Waals surface area contributed by atoms with Crippen LogP contribution in [0.1, 0.15) is 0 Å². The summed E-state index contributed by atoms with van der Waals surface area (Å²) in [4.78, 5) is 0. The fourth-order valence-corrected chi connectivity index (χ4v) is 0. The Kier molecular flexibility index (Phi) is 172. The van der Waals surface area contributed by atoms with E-state index in [0.29, 0.717) is 0 Å². The fourth-order valence-electron chi connectivity index (χ4n) is 0. The van der Waals surface area contributed by atoms with Gasteiger partial charge in [-0.3, -0.25) is 0 Å². The van der Waals surface area contributed by atoms with Crippen LogP contribution >= 0.6 is 0 Å². The molecule has 0 spiro atoms. The average molecular weight is 226 g/mol. The van der Waals surface area contributed by atoms with Gasteiger partial charge in [-0.05, 0) is 0 Å². The molecule has 0 aliphatic heterocycles. The summed E-state index contributed by atoms with van der Waals surface area (Å²) in [7, 11) is 0. The Morgan fingerprint density at radius 1 is 1.27 bits per heavy atom. The Hall–Kier alpha value is 0.209. The molecule has 3 nitrogen and oxygen atoms in total. The Morgan fingerprint density at radius 2 is 1.27 bits per heavy atom. The molecule has 0 aliphatic carbocycles. The van der Waals surface area contributed by atoms with Gasteiger partial charge in [0.25, 0.3) is 0 Å². The maximum atomic E-state index is 8.50. The van der Waals surface area contributed by atoms with Gasteiger partial charge >= 0.3 is 50.3 Å². The number of allylic oxidation sites excluding steroid dienone is 2. The summed E-state index contributed by atoms with van der Waals surface area (Å²) >= 11 is -1.25. The fraction of sp³-hybridized carbons (Fsp3) is 0. The van der Waals surface area contributed by atoms with Crippen molar-refractivity contribution in [2.75, 3.05) is 0 Å². The third kappa shape index (κ3) is 15800. The van der Waals surface area contributed by atoms with Crippen molar-refractivity contribution in [3.05, 3.63) is 39.2 Å². The summed E-state index contributed by atoms with van der Waals surface area (Å²) in [5, 5.41) is 0. The average Bonchev–Trinajstić information content (AvgIpc) is 1.96. The van der Waals surface area contributed by atoms with Crippen LogP contribution < -0.4 is 3.69 Å². The zero-order chi connectivity index (χ0) is 10.1. The predicted molar refractivity (Wildman–Crippen MR) is 32.5 cm³/mol. The van der Waals surface area contributed by atoms with E-state index in [2.05, 4.69) is 27.0 Å². The van der Waals surface area contributed by atoms with E-state index in [4.69, 9.17) is 10.3 Å². The first kappa shape index (κ1) is 22.5. The van der Waals surface area contributed by atoms with Gasteiger partial charge in [0.2, 0.25) is 0 Å². The molecule has 11 heavy (non-hydrogen) atoms. The van der Waals surface area contributed by atoms with Crippen molar-refractivity contribution in [1.82, 2.24) is 0 Å². The molecule has 0 N–H and O–H groups in total. The van der Waals surface area contributed by atoms with Crippen LogP contribution in [0.5, 0.6) is 0 Å². The summed E-state index contributed by atoms with van der Waals surface area (Å²) in [6, 6.07) is 0. The zero-order valence-electron chi connectivity index (χ0n) is 6.21. The van der Waals surface area contributed by atoms with Crippen LogP contribution in [0.25, 0.3) is 0 Å². The van der Waals surface area contributed by atoms with Crippen molar-refractivity contribution < 1.29 is 50.3 Å². The van der Waals surface area contributed by atoms with Crippen molar-refractivity contribution in [3.63, 3.8) is 0 Å². The molecule has 0 amide bonds. The normalized spacial score (nSPS) is 3.55. The van der Waals surface area contributed by atoms with E-state index in [0.717, 1.165) is 20.4 Å². The van der Waals surface area contributed by atoms with E-state index >= 15 is 0 Å². The summed E-state index contributed by atoms with van der Waals surface area (Å²) in [5.74, 6) is 0. The summed E-state index contributed by atoms with van der Waals surface area (Å²) in [6.45, 7) is 13.0. The third-order valence-electron chi connectivity index (χ3n) is 0. The van der Waals surface area contributed by atoms with E-state index in [1.54, 1.807) is 0 Å². The molecule has 0 aromatic heterocycles.